The molecular weight excluding hydrogens is 239 g/mol. The van der Waals surface area contributed by atoms with Crippen LogP contribution in [-0.2, 0) is 17.6 Å². The summed E-state index contributed by atoms with van der Waals surface area (Å²) >= 11 is 1.37. The number of nitrogens with two attached hydrogens (primary N) is 1. The van der Waals surface area contributed by atoms with Crippen LogP contribution in [0.1, 0.15) is 10.4 Å². The van der Waals surface area contributed by atoms with Crippen LogP contribution >= 0.6 is 11.3 Å². The highest BCUT2D eigenvalue weighted by molar-refractivity contribution is 7.19. The molecule has 0 atom stereocenters. The van der Waals surface area contributed by atoms with Crippen molar-refractivity contribution in [2.75, 3.05) is 0 Å². The topological polar surface area (TPSA) is 35.2 Å². The first-order valence-electron chi connectivity index (χ1n) is 4.42. The van der Waals surface area contributed by atoms with Crippen LogP contribution in [0.2, 0.25) is 0 Å². The molecule has 0 saturated heterocycles. The minimum Gasteiger partial charge on any atom is -0.299 e. The average Bonchev–Trinajstić information content (AvgIpc) is 2.57. The quantitative estimate of drug-likeness (QED) is 0.826. The summed E-state index contributed by atoms with van der Waals surface area (Å²) in [5, 5.41) is 0.562. The highest BCUT2D eigenvalue weighted by Crippen LogP contribution is 2.34. The van der Waals surface area contributed by atoms with Crippen molar-refractivity contribution < 1.29 is 18.0 Å². The first-order chi connectivity index (χ1) is 7.50. The van der Waals surface area contributed by atoms with Gasteiger partial charge in [-0.25, -0.2) is 5.90 Å². The van der Waals surface area contributed by atoms with Crippen molar-refractivity contribution in [2.45, 2.75) is 12.8 Å². The molecule has 0 unspecified atom stereocenters. The smallest absolute Gasteiger partial charge is 0.299 e. The maximum atomic E-state index is 12.4. The Bertz CT molecular complexity index is 506. The van der Waals surface area contributed by atoms with Gasteiger partial charge < -0.3 is 0 Å². The molecule has 86 valence electrons. The monoisotopic (exact) mass is 247 g/mol. The summed E-state index contributed by atoms with van der Waals surface area (Å²) in [5.41, 5.74) is -0.641. The number of halogens is 3. The predicted octanol–water partition coefficient (Wildman–Crippen LogP) is 3.31. The van der Waals surface area contributed by atoms with Crippen molar-refractivity contribution in [1.29, 1.82) is 0 Å². The Morgan fingerprint density at radius 2 is 2.00 bits per heavy atom. The number of hydrogen-bond donors (Lipinski definition) is 1. The van der Waals surface area contributed by atoms with Crippen LogP contribution in [0.4, 0.5) is 13.2 Å². The number of rotatable bonds is 2. The lowest BCUT2D eigenvalue weighted by molar-refractivity contribution is -0.137. The van der Waals surface area contributed by atoms with Crippen LogP contribution in [0.15, 0.2) is 24.3 Å². The largest absolute Gasteiger partial charge is 0.416 e. The van der Waals surface area contributed by atoms with Gasteiger partial charge in [-0.3, -0.25) is 4.84 Å². The molecule has 0 aliphatic rings. The molecule has 1 aromatic heterocycles. The highest BCUT2D eigenvalue weighted by Gasteiger charge is 2.30. The molecule has 0 spiro atoms. The van der Waals surface area contributed by atoms with Crippen molar-refractivity contribution in [3.63, 3.8) is 0 Å². The molecule has 0 aliphatic carbocycles. The molecule has 0 bridgehead atoms. The lowest BCUT2D eigenvalue weighted by Crippen LogP contribution is -2.03. The Balaban J connectivity index is 2.46. The second-order valence-electron chi connectivity index (χ2n) is 3.27. The lowest BCUT2D eigenvalue weighted by Gasteiger charge is -2.05. The van der Waals surface area contributed by atoms with E-state index in [1.807, 2.05) is 0 Å². The molecule has 0 amide bonds. The van der Waals surface area contributed by atoms with E-state index in [2.05, 4.69) is 4.84 Å². The number of fused-ring (bicyclic) bond motifs is 1. The summed E-state index contributed by atoms with van der Waals surface area (Å²) in [6, 6.07) is 5.32. The maximum Gasteiger partial charge on any atom is 0.416 e. The van der Waals surface area contributed by atoms with Gasteiger partial charge in [0.25, 0.3) is 0 Å². The van der Waals surface area contributed by atoms with Crippen LogP contribution in [0.25, 0.3) is 10.1 Å². The van der Waals surface area contributed by atoms with E-state index in [4.69, 9.17) is 5.90 Å². The van der Waals surface area contributed by atoms with Gasteiger partial charge in [0.15, 0.2) is 0 Å². The van der Waals surface area contributed by atoms with Crippen molar-refractivity contribution in [2.24, 2.45) is 5.90 Å². The molecule has 0 aliphatic heterocycles. The second-order valence-corrected chi connectivity index (χ2v) is 4.44. The Morgan fingerprint density at radius 3 is 2.62 bits per heavy atom. The zero-order valence-electron chi connectivity index (χ0n) is 8.04. The lowest BCUT2D eigenvalue weighted by atomic mass is 10.1. The molecule has 16 heavy (non-hydrogen) atoms. The van der Waals surface area contributed by atoms with E-state index in [0.29, 0.717) is 5.39 Å². The minimum atomic E-state index is -4.30. The van der Waals surface area contributed by atoms with Crippen LogP contribution in [0, 0.1) is 0 Å². The molecule has 0 radical (unpaired) electrons. The molecule has 2 N–H and O–H groups in total. The summed E-state index contributed by atoms with van der Waals surface area (Å²) in [7, 11) is 0. The zero-order chi connectivity index (χ0) is 11.8. The molecule has 0 fully saturated rings. The predicted molar refractivity (Wildman–Crippen MR) is 55.8 cm³/mol. The molecule has 1 heterocycles. The van der Waals surface area contributed by atoms with Crippen LogP contribution in [-0.4, -0.2) is 0 Å². The maximum absolute atomic E-state index is 12.4. The van der Waals surface area contributed by atoms with E-state index in [1.54, 1.807) is 6.07 Å². The van der Waals surface area contributed by atoms with E-state index in [9.17, 15) is 13.2 Å². The van der Waals surface area contributed by atoms with Gasteiger partial charge in [-0.2, -0.15) is 13.2 Å². The zero-order valence-corrected chi connectivity index (χ0v) is 8.86. The second kappa shape index (κ2) is 4.04. The summed E-state index contributed by atoms with van der Waals surface area (Å²) in [4.78, 5) is 5.25. The first kappa shape index (κ1) is 11.4. The molecule has 6 heteroatoms. The SMILES string of the molecule is NOCc1cc2cc(C(F)(F)F)ccc2s1. The number of thiophene rings is 1. The van der Waals surface area contributed by atoms with Crippen LogP contribution < -0.4 is 5.90 Å². The number of benzene rings is 1. The summed E-state index contributed by atoms with van der Waals surface area (Å²) in [5.74, 6) is 4.91. The van der Waals surface area contributed by atoms with Gasteiger partial charge in [0, 0.05) is 9.58 Å². The van der Waals surface area contributed by atoms with Crippen molar-refractivity contribution in [3.8, 4) is 0 Å². The molecule has 2 aromatic rings. The Hall–Kier alpha value is -1.11. The molecule has 1 aromatic carbocycles. The Labute approximate surface area is 93.4 Å². The average molecular weight is 247 g/mol. The van der Waals surface area contributed by atoms with E-state index in [1.165, 1.54) is 17.4 Å². The number of alkyl halides is 3. The Morgan fingerprint density at radius 1 is 1.25 bits per heavy atom. The molecule has 2 rings (SSSR count). The van der Waals surface area contributed by atoms with Gasteiger partial charge in [-0.15, -0.1) is 11.3 Å². The molecule has 2 nitrogen and oxygen atoms in total. The summed E-state index contributed by atoms with van der Waals surface area (Å²) < 4.78 is 38.1. The van der Waals surface area contributed by atoms with Crippen LogP contribution in [0.5, 0.6) is 0 Å². The third-order valence-corrected chi connectivity index (χ3v) is 3.21. The fourth-order valence-corrected chi connectivity index (χ4v) is 2.40. The fraction of sp³-hybridized carbons (Fsp3) is 0.200. The van der Waals surface area contributed by atoms with E-state index in [0.717, 1.165) is 21.7 Å². The van der Waals surface area contributed by atoms with Gasteiger partial charge in [0.2, 0.25) is 0 Å². The van der Waals surface area contributed by atoms with Crippen molar-refractivity contribution in [3.05, 3.63) is 34.7 Å². The third-order valence-electron chi connectivity index (χ3n) is 2.12. The van der Waals surface area contributed by atoms with Crippen molar-refractivity contribution in [1.82, 2.24) is 0 Å². The Kier molecular flexibility index (Phi) is 2.88. The van der Waals surface area contributed by atoms with Gasteiger partial charge in [-0.05, 0) is 29.7 Å². The summed E-state index contributed by atoms with van der Waals surface area (Å²) in [6.07, 6.45) is -4.30. The standard InChI is InChI=1S/C10H8F3NOS/c11-10(12,13)7-1-2-9-6(3-7)4-8(16-9)5-15-14/h1-4H,5,14H2. The number of hydrogen-bond acceptors (Lipinski definition) is 3. The van der Waals surface area contributed by atoms with Crippen molar-refractivity contribution >= 4 is 21.4 Å². The fourth-order valence-electron chi connectivity index (χ4n) is 1.43. The van der Waals surface area contributed by atoms with Crippen LogP contribution in [0.3, 0.4) is 0 Å². The van der Waals surface area contributed by atoms with Gasteiger partial charge >= 0.3 is 6.18 Å². The van der Waals surface area contributed by atoms with E-state index in [-0.39, 0.29) is 6.61 Å². The van der Waals surface area contributed by atoms with E-state index < -0.39 is 11.7 Å². The van der Waals surface area contributed by atoms with E-state index >= 15 is 0 Å². The first-order valence-corrected chi connectivity index (χ1v) is 5.24. The third kappa shape index (κ3) is 2.18. The minimum absolute atomic E-state index is 0.209. The normalized spacial score (nSPS) is 12.2. The van der Waals surface area contributed by atoms with Gasteiger partial charge in [0.1, 0.15) is 6.61 Å². The highest BCUT2D eigenvalue weighted by atomic mass is 32.1. The molecular formula is C10H8F3NOS. The van der Waals surface area contributed by atoms with Gasteiger partial charge in [0.05, 0.1) is 5.56 Å². The van der Waals surface area contributed by atoms with Gasteiger partial charge in [-0.1, -0.05) is 0 Å². The summed E-state index contributed by atoms with van der Waals surface area (Å²) in [6.45, 7) is 0.209. The molecule has 0 saturated carbocycles.